The van der Waals surface area contributed by atoms with E-state index in [9.17, 15) is 13.5 Å². The lowest BCUT2D eigenvalue weighted by atomic mass is 10.2. The molecule has 1 fully saturated rings. The largest absolute Gasteiger partial charge is 0.390 e. The smallest absolute Gasteiger partial charge is 0.227 e. The molecule has 0 aliphatic carbocycles. The zero-order valence-electron chi connectivity index (χ0n) is 7.84. The summed E-state index contributed by atoms with van der Waals surface area (Å²) in [6.07, 6.45) is -0.700. The summed E-state index contributed by atoms with van der Waals surface area (Å²) in [4.78, 5) is 0. The van der Waals surface area contributed by atoms with E-state index in [1.807, 2.05) is 0 Å². The van der Waals surface area contributed by atoms with Gasteiger partial charge in [0.05, 0.1) is 18.2 Å². The summed E-state index contributed by atoms with van der Waals surface area (Å²) in [5.41, 5.74) is 0. The van der Waals surface area contributed by atoms with Crippen molar-refractivity contribution in [1.82, 2.24) is 9.62 Å². The lowest BCUT2D eigenvalue weighted by Gasteiger charge is -2.24. The molecule has 6 nitrogen and oxygen atoms in total. The van der Waals surface area contributed by atoms with E-state index in [1.54, 1.807) is 6.07 Å². The zero-order valence-corrected chi connectivity index (χ0v) is 8.66. The molecule has 0 amide bonds. The monoisotopic (exact) mass is 219 g/mol. The highest BCUT2D eigenvalue weighted by atomic mass is 32.2. The predicted molar refractivity (Wildman–Crippen MR) is 49.8 cm³/mol. The van der Waals surface area contributed by atoms with Crippen molar-refractivity contribution in [2.45, 2.75) is 12.1 Å². The molecular formula is C7H13N3O3S. The second-order valence-electron chi connectivity index (χ2n) is 3.22. The molecule has 0 radical (unpaired) electrons. The van der Waals surface area contributed by atoms with Crippen molar-refractivity contribution in [2.75, 3.05) is 25.9 Å². The third kappa shape index (κ3) is 2.22. The maximum atomic E-state index is 11.4. The number of aliphatic hydroxyl groups excluding tert-OH is 1. The number of aliphatic hydroxyl groups is 1. The fourth-order valence-corrected chi connectivity index (χ4v) is 2.41. The number of nitrogens with zero attached hydrogens (tertiary/aromatic N) is 2. The number of nitriles is 1. The average molecular weight is 219 g/mol. The Morgan fingerprint density at radius 2 is 2.29 bits per heavy atom. The van der Waals surface area contributed by atoms with Gasteiger partial charge in [-0.3, -0.25) is 0 Å². The summed E-state index contributed by atoms with van der Waals surface area (Å²) >= 11 is 0. The molecule has 2 atom stereocenters. The van der Waals surface area contributed by atoms with E-state index in [2.05, 4.69) is 5.32 Å². The van der Waals surface area contributed by atoms with E-state index >= 15 is 0 Å². The lowest BCUT2D eigenvalue weighted by molar-refractivity contribution is 0.136. The molecule has 2 N–H and O–H groups in total. The standard InChI is InChI=1S/C7H13N3O3S/c1-10(14(12,13)3-2-8)6-4-9-5-7(6)11/h6-7,9,11H,3-5H2,1H3/t6-,7-/m1/s1. The minimum absolute atomic E-state index is 0.386. The van der Waals surface area contributed by atoms with Gasteiger partial charge in [-0.15, -0.1) is 0 Å². The normalized spacial score (nSPS) is 27.9. The predicted octanol–water partition coefficient (Wildman–Crippen LogP) is -1.90. The number of likely N-dealkylation sites (N-methyl/N-ethyl adjacent to an activating group) is 1. The van der Waals surface area contributed by atoms with E-state index in [0.29, 0.717) is 13.1 Å². The minimum Gasteiger partial charge on any atom is -0.390 e. The Balaban J connectivity index is 2.74. The molecule has 0 bridgehead atoms. The lowest BCUT2D eigenvalue weighted by Crippen LogP contribution is -2.44. The van der Waals surface area contributed by atoms with E-state index in [-0.39, 0.29) is 0 Å². The second kappa shape index (κ2) is 4.23. The highest BCUT2D eigenvalue weighted by Crippen LogP contribution is 2.11. The van der Waals surface area contributed by atoms with Gasteiger partial charge in [-0.2, -0.15) is 9.57 Å². The average Bonchev–Trinajstić information content (AvgIpc) is 2.50. The van der Waals surface area contributed by atoms with Gasteiger partial charge in [-0.05, 0) is 0 Å². The molecule has 0 aromatic heterocycles. The first-order valence-electron chi connectivity index (χ1n) is 4.20. The summed E-state index contributed by atoms with van der Waals surface area (Å²) in [5, 5.41) is 20.6. The number of nitrogens with one attached hydrogen (secondary N) is 1. The maximum Gasteiger partial charge on any atom is 0.227 e. The Morgan fingerprint density at radius 1 is 1.64 bits per heavy atom. The first kappa shape index (κ1) is 11.4. The quantitative estimate of drug-likeness (QED) is 0.578. The van der Waals surface area contributed by atoms with Crippen LogP contribution < -0.4 is 5.32 Å². The third-order valence-electron chi connectivity index (χ3n) is 2.30. The van der Waals surface area contributed by atoms with Crippen LogP contribution in [0.5, 0.6) is 0 Å². The fraction of sp³-hybridized carbons (Fsp3) is 0.857. The zero-order chi connectivity index (χ0) is 10.8. The Bertz CT molecular complexity index is 335. The summed E-state index contributed by atoms with van der Waals surface area (Å²) in [6.45, 7) is 0.805. The molecule has 0 saturated carbocycles. The SMILES string of the molecule is CN([C@@H]1CNC[C@H]1O)S(=O)(=O)CC#N. The molecule has 0 aromatic rings. The van der Waals surface area contributed by atoms with E-state index in [0.717, 1.165) is 4.31 Å². The number of β-amino-alcohol motifs (C(OH)–C–C–N with tert-alkyl or cyclic N) is 1. The number of sulfonamides is 1. The van der Waals surface area contributed by atoms with Crippen LogP contribution in [0, 0.1) is 11.3 Å². The van der Waals surface area contributed by atoms with E-state index in [4.69, 9.17) is 5.26 Å². The first-order chi connectivity index (χ1) is 6.49. The molecule has 14 heavy (non-hydrogen) atoms. The molecule has 1 aliphatic rings. The molecule has 0 spiro atoms. The summed E-state index contributed by atoms with van der Waals surface area (Å²) in [7, 11) is -2.17. The Morgan fingerprint density at radius 3 is 2.71 bits per heavy atom. The van der Waals surface area contributed by atoms with Crippen molar-refractivity contribution in [3.8, 4) is 6.07 Å². The molecule has 1 saturated heterocycles. The highest BCUT2D eigenvalue weighted by Gasteiger charge is 2.34. The van der Waals surface area contributed by atoms with Gasteiger partial charge in [0.1, 0.15) is 0 Å². The fourth-order valence-electron chi connectivity index (χ4n) is 1.41. The third-order valence-corrected chi connectivity index (χ3v) is 3.95. The second-order valence-corrected chi connectivity index (χ2v) is 5.25. The molecule has 1 heterocycles. The molecule has 0 unspecified atom stereocenters. The number of hydrogen-bond acceptors (Lipinski definition) is 5. The van der Waals surface area contributed by atoms with Crippen molar-refractivity contribution in [3.63, 3.8) is 0 Å². The van der Waals surface area contributed by atoms with Gasteiger partial charge in [-0.1, -0.05) is 0 Å². The first-order valence-corrected chi connectivity index (χ1v) is 5.81. The van der Waals surface area contributed by atoms with E-state index < -0.39 is 27.9 Å². The summed E-state index contributed by atoms with van der Waals surface area (Å²) in [6, 6.07) is 1.13. The Labute approximate surface area is 83.2 Å². The van der Waals surface area contributed by atoms with Gasteiger partial charge in [0.15, 0.2) is 5.75 Å². The summed E-state index contributed by atoms with van der Waals surface area (Å²) in [5.74, 6) is -0.549. The van der Waals surface area contributed by atoms with Gasteiger partial charge in [0, 0.05) is 20.1 Å². The van der Waals surface area contributed by atoms with Crippen LogP contribution in [-0.4, -0.2) is 55.9 Å². The van der Waals surface area contributed by atoms with Gasteiger partial charge in [-0.25, -0.2) is 8.42 Å². The van der Waals surface area contributed by atoms with Gasteiger partial charge in [0.2, 0.25) is 10.0 Å². The van der Waals surface area contributed by atoms with Crippen LogP contribution >= 0.6 is 0 Å². The van der Waals surface area contributed by atoms with Crippen LogP contribution in [0.25, 0.3) is 0 Å². The maximum absolute atomic E-state index is 11.4. The minimum atomic E-state index is -3.55. The molecule has 1 aliphatic heterocycles. The Kier molecular flexibility index (Phi) is 3.44. The van der Waals surface area contributed by atoms with Gasteiger partial charge >= 0.3 is 0 Å². The molecule has 80 valence electrons. The van der Waals surface area contributed by atoms with Crippen molar-refractivity contribution in [3.05, 3.63) is 0 Å². The van der Waals surface area contributed by atoms with Crippen molar-refractivity contribution in [1.29, 1.82) is 5.26 Å². The molecule has 1 rings (SSSR count). The van der Waals surface area contributed by atoms with Gasteiger partial charge < -0.3 is 10.4 Å². The summed E-state index contributed by atoms with van der Waals surface area (Å²) < 4.78 is 23.9. The van der Waals surface area contributed by atoms with Crippen LogP contribution in [0.4, 0.5) is 0 Å². The van der Waals surface area contributed by atoms with Crippen LogP contribution in [0.3, 0.4) is 0 Å². The van der Waals surface area contributed by atoms with Crippen LogP contribution in [0.2, 0.25) is 0 Å². The topological polar surface area (TPSA) is 93.4 Å². The molecule has 7 heteroatoms. The van der Waals surface area contributed by atoms with Crippen LogP contribution in [0.1, 0.15) is 0 Å². The van der Waals surface area contributed by atoms with Crippen molar-refractivity contribution < 1.29 is 13.5 Å². The molecule has 0 aromatic carbocycles. The Hall–Kier alpha value is -0.680. The highest BCUT2D eigenvalue weighted by molar-refractivity contribution is 7.89. The van der Waals surface area contributed by atoms with E-state index in [1.165, 1.54) is 7.05 Å². The van der Waals surface area contributed by atoms with Crippen molar-refractivity contribution in [2.24, 2.45) is 0 Å². The number of rotatable bonds is 3. The number of hydrogen-bond donors (Lipinski definition) is 2. The molecular weight excluding hydrogens is 206 g/mol. The van der Waals surface area contributed by atoms with Crippen LogP contribution in [0.15, 0.2) is 0 Å². The van der Waals surface area contributed by atoms with Crippen LogP contribution in [-0.2, 0) is 10.0 Å². The van der Waals surface area contributed by atoms with Gasteiger partial charge in [0.25, 0.3) is 0 Å². The van der Waals surface area contributed by atoms with Crippen molar-refractivity contribution >= 4 is 10.0 Å².